The number of rotatable bonds is 7. The van der Waals surface area contributed by atoms with Crippen LogP contribution in [-0.4, -0.2) is 24.8 Å². The summed E-state index contributed by atoms with van der Waals surface area (Å²) in [6.07, 6.45) is 2.24. The van der Waals surface area contributed by atoms with Gasteiger partial charge in [-0.3, -0.25) is 0 Å². The van der Waals surface area contributed by atoms with E-state index >= 15 is 0 Å². The lowest BCUT2D eigenvalue weighted by atomic mass is 10.2. The third-order valence-corrected chi connectivity index (χ3v) is 2.28. The quantitative estimate of drug-likeness (QED) is 0.250. The van der Waals surface area contributed by atoms with Gasteiger partial charge in [-0.1, -0.05) is 17.3 Å². The predicted molar refractivity (Wildman–Crippen MR) is 65.7 cm³/mol. The first kappa shape index (κ1) is 13.2. The Kier molecular flexibility index (Phi) is 5.71. The first-order chi connectivity index (χ1) is 8.27. The van der Waals surface area contributed by atoms with Gasteiger partial charge < -0.3 is 20.4 Å². The Hall–Kier alpha value is -1.91. The maximum Gasteiger partial charge on any atom is 0.161 e. The molecule has 5 nitrogen and oxygen atoms in total. The summed E-state index contributed by atoms with van der Waals surface area (Å²) in [5.41, 5.74) is 5.35. The lowest BCUT2D eigenvalue weighted by molar-refractivity contribution is 0.286. The molecule has 0 bridgehead atoms. The van der Waals surface area contributed by atoms with Gasteiger partial charge in [-0.25, -0.2) is 0 Å². The number of para-hydroxylation sites is 2. The maximum absolute atomic E-state index is 8.35. The number of ether oxygens (including phenoxy) is 2. The van der Waals surface area contributed by atoms with E-state index in [1.54, 1.807) is 7.11 Å². The Morgan fingerprint density at radius 2 is 2.00 bits per heavy atom. The van der Waals surface area contributed by atoms with Gasteiger partial charge in [0.05, 0.1) is 13.7 Å². The van der Waals surface area contributed by atoms with Gasteiger partial charge in [-0.2, -0.15) is 0 Å². The highest BCUT2D eigenvalue weighted by atomic mass is 16.5. The van der Waals surface area contributed by atoms with Crippen LogP contribution in [0.25, 0.3) is 0 Å². The number of amidine groups is 1. The SMILES string of the molecule is COc1ccccc1OCCCCC(N)=NO. The minimum absolute atomic E-state index is 0.252. The van der Waals surface area contributed by atoms with E-state index in [1.807, 2.05) is 24.3 Å². The van der Waals surface area contributed by atoms with Crippen molar-refractivity contribution in [2.24, 2.45) is 10.9 Å². The van der Waals surface area contributed by atoms with Crippen molar-refractivity contribution in [2.75, 3.05) is 13.7 Å². The highest BCUT2D eigenvalue weighted by molar-refractivity contribution is 5.79. The molecule has 1 aromatic rings. The van der Waals surface area contributed by atoms with Crippen LogP contribution in [0.15, 0.2) is 29.4 Å². The number of hydrogen-bond acceptors (Lipinski definition) is 4. The van der Waals surface area contributed by atoms with Gasteiger partial charge in [-0.05, 0) is 25.0 Å². The third-order valence-electron chi connectivity index (χ3n) is 2.28. The molecule has 0 heterocycles. The highest BCUT2D eigenvalue weighted by Gasteiger charge is 2.01. The number of unbranched alkanes of at least 4 members (excludes halogenated alkanes) is 1. The zero-order chi connectivity index (χ0) is 12.5. The lowest BCUT2D eigenvalue weighted by Crippen LogP contribution is -2.11. The number of methoxy groups -OCH3 is 1. The second-order valence-corrected chi connectivity index (χ2v) is 3.55. The van der Waals surface area contributed by atoms with Gasteiger partial charge in [-0.15, -0.1) is 0 Å². The molecule has 0 amide bonds. The Bertz CT molecular complexity index is 367. The van der Waals surface area contributed by atoms with Crippen LogP contribution >= 0.6 is 0 Å². The molecule has 0 aliphatic rings. The summed E-state index contributed by atoms with van der Waals surface area (Å²) in [4.78, 5) is 0. The van der Waals surface area contributed by atoms with E-state index < -0.39 is 0 Å². The lowest BCUT2D eigenvalue weighted by Gasteiger charge is -2.09. The van der Waals surface area contributed by atoms with E-state index in [-0.39, 0.29) is 5.84 Å². The van der Waals surface area contributed by atoms with Crippen molar-refractivity contribution in [3.8, 4) is 11.5 Å². The minimum Gasteiger partial charge on any atom is -0.493 e. The zero-order valence-corrected chi connectivity index (χ0v) is 9.93. The molecule has 5 heteroatoms. The molecule has 0 spiro atoms. The Morgan fingerprint density at radius 1 is 1.29 bits per heavy atom. The molecule has 1 rings (SSSR count). The van der Waals surface area contributed by atoms with Gasteiger partial charge in [0.2, 0.25) is 0 Å². The summed E-state index contributed by atoms with van der Waals surface area (Å²) in [6.45, 7) is 0.582. The third kappa shape index (κ3) is 4.63. The summed E-state index contributed by atoms with van der Waals surface area (Å²) in [5, 5.41) is 11.3. The maximum atomic E-state index is 8.35. The topological polar surface area (TPSA) is 77.1 Å². The molecule has 0 radical (unpaired) electrons. The normalized spacial score (nSPS) is 11.2. The average Bonchev–Trinajstić information content (AvgIpc) is 2.38. The fourth-order valence-electron chi connectivity index (χ4n) is 1.38. The van der Waals surface area contributed by atoms with Crippen LogP contribution in [0.5, 0.6) is 11.5 Å². The number of hydrogen-bond donors (Lipinski definition) is 2. The van der Waals surface area contributed by atoms with E-state index in [1.165, 1.54) is 0 Å². The summed E-state index contributed by atoms with van der Waals surface area (Å²) < 4.78 is 10.7. The molecular formula is C12H18N2O3. The molecular weight excluding hydrogens is 220 g/mol. The Morgan fingerprint density at radius 3 is 2.65 bits per heavy atom. The van der Waals surface area contributed by atoms with Crippen molar-refractivity contribution in [3.63, 3.8) is 0 Å². The molecule has 17 heavy (non-hydrogen) atoms. The van der Waals surface area contributed by atoms with Gasteiger partial charge >= 0.3 is 0 Å². The molecule has 0 saturated carbocycles. The first-order valence-corrected chi connectivity index (χ1v) is 5.50. The average molecular weight is 238 g/mol. The van der Waals surface area contributed by atoms with E-state index in [9.17, 15) is 0 Å². The van der Waals surface area contributed by atoms with Crippen LogP contribution in [0.4, 0.5) is 0 Å². The second kappa shape index (κ2) is 7.38. The number of nitrogens with zero attached hydrogens (tertiary/aromatic N) is 1. The smallest absolute Gasteiger partial charge is 0.161 e. The van der Waals surface area contributed by atoms with E-state index in [0.717, 1.165) is 24.3 Å². The van der Waals surface area contributed by atoms with Crippen LogP contribution in [0.1, 0.15) is 19.3 Å². The van der Waals surface area contributed by atoms with Gasteiger partial charge in [0.15, 0.2) is 11.5 Å². The van der Waals surface area contributed by atoms with Crippen LogP contribution < -0.4 is 15.2 Å². The predicted octanol–water partition coefficient (Wildman–Crippen LogP) is 1.99. The van der Waals surface area contributed by atoms with Crippen LogP contribution in [-0.2, 0) is 0 Å². The highest BCUT2D eigenvalue weighted by Crippen LogP contribution is 2.25. The second-order valence-electron chi connectivity index (χ2n) is 3.55. The summed E-state index contributed by atoms with van der Waals surface area (Å²) in [7, 11) is 1.61. The van der Waals surface area contributed by atoms with Crippen LogP contribution in [0.3, 0.4) is 0 Å². The molecule has 0 unspecified atom stereocenters. The Labute approximate surface area is 101 Å². The molecule has 0 saturated heterocycles. The van der Waals surface area contributed by atoms with Crippen molar-refractivity contribution in [1.29, 1.82) is 0 Å². The zero-order valence-electron chi connectivity index (χ0n) is 9.93. The standard InChI is InChI=1S/C12H18N2O3/c1-16-10-6-2-3-7-11(10)17-9-5-4-8-12(13)14-15/h2-3,6-7,15H,4-5,8-9H2,1H3,(H2,13,14). The summed E-state index contributed by atoms with van der Waals surface area (Å²) >= 11 is 0. The van der Waals surface area contributed by atoms with Gasteiger partial charge in [0.25, 0.3) is 0 Å². The fourth-order valence-corrected chi connectivity index (χ4v) is 1.38. The van der Waals surface area contributed by atoms with Crippen molar-refractivity contribution < 1.29 is 14.7 Å². The van der Waals surface area contributed by atoms with Crippen molar-refractivity contribution >= 4 is 5.84 Å². The summed E-state index contributed by atoms with van der Waals surface area (Å²) in [5.74, 6) is 1.71. The molecule has 0 aliphatic heterocycles. The van der Waals surface area contributed by atoms with Gasteiger partial charge in [0.1, 0.15) is 5.84 Å². The minimum atomic E-state index is 0.252. The number of nitrogens with two attached hydrogens (primary N) is 1. The van der Waals surface area contributed by atoms with E-state index in [4.69, 9.17) is 20.4 Å². The molecule has 0 aliphatic carbocycles. The van der Waals surface area contributed by atoms with Crippen molar-refractivity contribution in [2.45, 2.75) is 19.3 Å². The molecule has 3 N–H and O–H groups in total. The monoisotopic (exact) mass is 238 g/mol. The Balaban J connectivity index is 2.26. The summed E-state index contributed by atoms with van der Waals surface area (Å²) in [6, 6.07) is 7.51. The van der Waals surface area contributed by atoms with Crippen molar-refractivity contribution in [1.82, 2.24) is 0 Å². The fraction of sp³-hybridized carbons (Fsp3) is 0.417. The van der Waals surface area contributed by atoms with E-state index in [0.29, 0.717) is 13.0 Å². The van der Waals surface area contributed by atoms with Crippen LogP contribution in [0, 0.1) is 0 Å². The number of oxime groups is 1. The van der Waals surface area contributed by atoms with Crippen LogP contribution in [0.2, 0.25) is 0 Å². The largest absolute Gasteiger partial charge is 0.493 e. The molecule has 0 atom stereocenters. The number of benzene rings is 1. The van der Waals surface area contributed by atoms with Gasteiger partial charge in [0, 0.05) is 6.42 Å². The van der Waals surface area contributed by atoms with E-state index in [2.05, 4.69) is 5.16 Å². The first-order valence-electron chi connectivity index (χ1n) is 5.50. The molecule has 0 fully saturated rings. The molecule has 94 valence electrons. The molecule has 0 aromatic heterocycles. The van der Waals surface area contributed by atoms with Crippen molar-refractivity contribution in [3.05, 3.63) is 24.3 Å². The molecule has 1 aromatic carbocycles.